The zero-order valence-electron chi connectivity index (χ0n) is 12.4. The van der Waals surface area contributed by atoms with E-state index >= 15 is 0 Å². The standard InChI is InChI=1S/C17H25NO2/c1-18-10-3-2-6-15(18)9-12-19-16-7-8-17-14(13-16)5-4-11-20-17/h7-8,13,15H,2-6,9-12H2,1H3. The molecule has 2 aliphatic heterocycles. The maximum Gasteiger partial charge on any atom is 0.122 e. The first kappa shape index (κ1) is 13.7. The molecular formula is C17H25NO2. The molecule has 0 radical (unpaired) electrons. The molecule has 3 heteroatoms. The van der Waals surface area contributed by atoms with Gasteiger partial charge in [0.25, 0.3) is 0 Å². The van der Waals surface area contributed by atoms with Crippen LogP contribution >= 0.6 is 0 Å². The van der Waals surface area contributed by atoms with Crippen molar-refractivity contribution in [3.63, 3.8) is 0 Å². The summed E-state index contributed by atoms with van der Waals surface area (Å²) in [5.74, 6) is 2.03. The Bertz CT molecular complexity index is 447. The molecule has 110 valence electrons. The molecule has 0 bridgehead atoms. The van der Waals surface area contributed by atoms with Crippen molar-refractivity contribution in [1.82, 2.24) is 4.90 Å². The van der Waals surface area contributed by atoms with Crippen molar-refractivity contribution in [3.05, 3.63) is 23.8 Å². The molecule has 1 saturated heterocycles. The van der Waals surface area contributed by atoms with Crippen LogP contribution in [0.25, 0.3) is 0 Å². The first-order chi connectivity index (χ1) is 9.83. The summed E-state index contributed by atoms with van der Waals surface area (Å²) in [7, 11) is 2.24. The number of ether oxygens (including phenoxy) is 2. The Morgan fingerprint density at radius 1 is 1.30 bits per heavy atom. The van der Waals surface area contributed by atoms with Gasteiger partial charge in [0, 0.05) is 6.04 Å². The molecule has 0 N–H and O–H groups in total. The lowest BCUT2D eigenvalue weighted by atomic mass is 10.0. The van der Waals surface area contributed by atoms with Gasteiger partial charge in [0.05, 0.1) is 13.2 Å². The lowest BCUT2D eigenvalue weighted by Gasteiger charge is -2.32. The highest BCUT2D eigenvalue weighted by molar-refractivity contribution is 5.41. The number of hydrogen-bond donors (Lipinski definition) is 0. The van der Waals surface area contributed by atoms with E-state index in [9.17, 15) is 0 Å². The highest BCUT2D eigenvalue weighted by Crippen LogP contribution is 2.28. The Morgan fingerprint density at radius 3 is 3.15 bits per heavy atom. The molecule has 2 aliphatic rings. The quantitative estimate of drug-likeness (QED) is 0.842. The van der Waals surface area contributed by atoms with Crippen LogP contribution in [0.15, 0.2) is 18.2 Å². The van der Waals surface area contributed by atoms with Crippen molar-refractivity contribution >= 4 is 0 Å². The Kier molecular flexibility index (Phi) is 4.46. The Morgan fingerprint density at radius 2 is 2.25 bits per heavy atom. The maximum atomic E-state index is 5.94. The van der Waals surface area contributed by atoms with Crippen LogP contribution in [0, 0.1) is 0 Å². The zero-order valence-corrected chi connectivity index (χ0v) is 12.4. The molecular weight excluding hydrogens is 250 g/mol. The molecule has 0 saturated carbocycles. The third kappa shape index (κ3) is 3.26. The molecule has 1 unspecified atom stereocenters. The van der Waals surface area contributed by atoms with Gasteiger partial charge in [-0.15, -0.1) is 0 Å². The van der Waals surface area contributed by atoms with Crippen LogP contribution in [0.4, 0.5) is 0 Å². The molecule has 3 nitrogen and oxygen atoms in total. The highest BCUT2D eigenvalue weighted by Gasteiger charge is 2.18. The van der Waals surface area contributed by atoms with Crippen LogP contribution in [-0.2, 0) is 6.42 Å². The Labute approximate surface area is 121 Å². The van der Waals surface area contributed by atoms with Crippen LogP contribution in [-0.4, -0.2) is 37.7 Å². The van der Waals surface area contributed by atoms with Gasteiger partial charge >= 0.3 is 0 Å². The van der Waals surface area contributed by atoms with Crippen molar-refractivity contribution in [1.29, 1.82) is 0 Å². The monoisotopic (exact) mass is 275 g/mol. The second-order valence-corrected chi connectivity index (χ2v) is 5.99. The van der Waals surface area contributed by atoms with Gasteiger partial charge in [0.2, 0.25) is 0 Å². The summed E-state index contributed by atoms with van der Waals surface area (Å²) >= 11 is 0. The number of aryl methyl sites for hydroxylation is 1. The summed E-state index contributed by atoms with van der Waals surface area (Å²) in [5, 5.41) is 0. The number of rotatable bonds is 4. The van der Waals surface area contributed by atoms with Gasteiger partial charge in [0.15, 0.2) is 0 Å². The predicted octanol–water partition coefficient (Wildman–Crippen LogP) is 3.26. The molecule has 3 rings (SSSR count). The Hall–Kier alpha value is -1.22. The summed E-state index contributed by atoms with van der Waals surface area (Å²) in [6.45, 7) is 2.90. The van der Waals surface area contributed by atoms with Crippen LogP contribution in [0.2, 0.25) is 0 Å². The first-order valence-corrected chi connectivity index (χ1v) is 7.92. The predicted molar refractivity (Wildman–Crippen MR) is 80.6 cm³/mol. The van der Waals surface area contributed by atoms with E-state index in [2.05, 4.69) is 24.1 Å². The summed E-state index contributed by atoms with van der Waals surface area (Å²) in [4.78, 5) is 2.48. The van der Waals surface area contributed by atoms with Gasteiger partial charge in [-0.1, -0.05) is 6.42 Å². The van der Waals surface area contributed by atoms with Gasteiger partial charge in [-0.2, -0.15) is 0 Å². The molecule has 1 aromatic carbocycles. The van der Waals surface area contributed by atoms with E-state index in [1.54, 1.807) is 0 Å². The van der Waals surface area contributed by atoms with Crippen LogP contribution < -0.4 is 9.47 Å². The smallest absolute Gasteiger partial charge is 0.122 e. The van der Waals surface area contributed by atoms with E-state index in [1.807, 2.05) is 6.07 Å². The normalized spacial score (nSPS) is 22.9. The second-order valence-electron chi connectivity index (χ2n) is 5.99. The molecule has 1 aromatic rings. The maximum absolute atomic E-state index is 5.94. The molecule has 0 spiro atoms. The summed E-state index contributed by atoms with van der Waals surface area (Å²) in [5.41, 5.74) is 1.29. The molecule has 0 aromatic heterocycles. The lowest BCUT2D eigenvalue weighted by Crippen LogP contribution is -2.37. The topological polar surface area (TPSA) is 21.7 Å². The minimum absolute atomic E-state index is 0.699. The van der Waals surface area contributed by atoms with E-state index in [0.29, 0.717) is 6.04 Å². The number of nitrogens with zero attached hydrogens (tertiary/aromatic N) is 1. The van der Waals surface area contributed by atoms with Crippen molar-refractivity contribution in [2.24, 2.45) is 0 Å². The van der Waals surface area contributed by atoms with Gasteiger partial charge in [0.1, 0.15) is 11.5 Å². The largest absolute Gasteiger partial charge is 0.494 e. The fourth-order valence-electron chi connectivity index (χ4n) is 3.25. The number of piperidine rings is 1. The van der Waals surface area contributed by atoms with Crippen LogP contribution in [0.5, 0.6) is 11.5 Å². The van der Waals surface area contributed by atoms with Crippen molar-refractivity contribution in [2.75, 3.05) is 26.8 Å². The lowest BCUT2D eigenvalue weighted by molar-refractivity contribution is 0.153. The molecule has 1 atom stereocenters. The average molecular weight is 275 g/mol. The average Bonchev–Trinajstić information content (AvgIpc) is 2.49. The first-order valence-electron chi connectivity index (χ1n) is 7.92. The van der Waals surface area contributed by atoms with Crippen molar-refractivity contribution in [3.8, 4) is 11.5 Å². The van der Waals surface area contributed by atoms with Gasteiger partial charge in [-0.05, 0) is 69.5 Å². The Balaban J connectivity index is 1.50. The summed E-state index contributed by atoms with van der Waals surface area (Å²) in [6, 6.07) is 6.94. The van der Waals surface area contributed by atoms with E-state index in [1.165, 1.54) is 31.4 Å². The van der Waals surface area contributed by atoms with Crippen LogP contribution in [0.3, 0.4) is 0 Å². The van der Waals surface area contributed by atoms with Gasteiger partial charge < -0.3 is 14.4 Å². The van der Waals surface area contributed by atoms with E-state index < -0.39 is 0 Å². The third-order valence-corrected chi connectivity index (χ3v) is 4.52. The van der Waals surface area contributed by atoms with Crippen LogP contribution in [0.1, 0.15) is 37.7 Å². The SMILES string of the molecule is CN1CCCCC1CCOc1ccc2c(c1)CCCO2. The molecule has 2 heterocycles. The third-order valence-electron chi connectivity index (χ3n) is 4.52. The number of fused-ring (bicyclic) bond motifs is 1. The minimum Gasteiger partial charge on any atom is -0.494 e. The summed E-state index contributed by atoms with van der Waals surface area (Å²) < 4.78 is 11.6. The van der Waals surface area contributed by atoms with E-state index in [4.69, 9.17) is 9.47 Å². The molecule has 0 amide bonds. The molecule has 20 heavy (non-hydrogen) atoms. The van der Waals surface area contributed by atoms with Crippen molar-refractivity contribution < 1.29 is 9.47 Å². The highest BCUT2D eigenvalue weighted by atomic mass is 16.5. The van der Waals surface area contributed by atoms with Gasteiger partial charge in [-0.25, -0.2) is 0 Å². The van der Waals surface area contributed by atoms with E-state index in [0.717, 1.165) is 44.0 Å². The zero-order chi connectivity index (χ0) is 13.8. The number of benzene rings is 1. The van der Waals surface area contributed by atoms with E-state index in [-0.39, 0.29) is 0 Å². The van der Waals surface area contributed by atoms with Crippen molar-refractivity contribution in [2.45, 2.75) is 44.6 Å². The minimum atomic E-state index is 0.699. The second kappa shape index (κ2) is 6.49. The summed E-state index contributed by atoms with van der Waals surface area (Å²) in [6.07, 6.45) is 7.38. The number of hydrogen-bond acceptors (Lipinski definition) is 3. The number of likely N-dealkylation sites (tertiary alicyclic amines) is 1. The molecule has 0 aliphatic carbocycles. The van der Waals surface area contributed by atoms with Gasteiger partial charge in [-0.3, -0.25) is 0 Å². The fraction of sp³-hybridized carbons (Fsp3) is 0.647. The fourth-order valence-corrected chi connectivity index (χ4v) is 3.25. The molecule has 1 fully saturated rings.